The summed E-state index contributed by atoms with van der Waals surface area (Å²) in [5.74, 6) is 0.107. The number of alkyl halides is 3. The monoisotopic (exact) mass is 353 g/mol. The van der Waals surface area contributed by atoms with Gasteiger partial charge in [0.15, 0.2) is 0 Å². The highest BCUT2D eigenvalue weighted by atomic mass is 19.4. The molecule has 1 aromatic carbocycles. The van der Waals surface area contributed by atoms with Crippen molar-refractivity contribution >= 4 is 6.03 Å². The van der Waals surface area contributed by atoms with Crippen LogP contribution in [0.15, 0.2) is 42.6 Å². The lowest BCUT2D eigenvalue weighted by molar-refractivity contribution is -0.138. The molecule has 0 unspecified atom stereocenters. The van der Waals surface area contributed by atoms with Gasteiger partial charge in [-0.05, 0) is 29.8 Å². The van der Waals surface area contributed by atoms with E-state index in [4.69, 9.17) is 4.74 Å². The first-order valence-corrected chi connectivity index (χ1v) is 7.56. The molecule has 0 fully saturated rings. The number of hydrogen-bond donors (Lipinski definition) is 2. The third kappa shape index (κ3) is 5.66. The van der Waals surface area contributed by atoms with Crippen LogP contribution in [-0.2, 0) is 19.1 Å². The van der Waals surface area contributed by atoms with Crippen LogP contribution in [0.25, 0.3) is 0 Å². The Labute approximate surface area is 143 Å². The highest BCUT2D eigenvalue weighted by molar-refractivity contribution is 5.73. The minimum atomic E-state index is -4.53. The Morgan fingerprint density at radius 3 is 2.64 bits per heavy atom. The lowest BCUT2D eigenvalue weighted by Crippen LogP contribution is -2.36. The Bertz CT molecular complexity index is 706. The van der Waals surface area contributed by atoms with E-state index >= 15 is 0 Å². The topological polar surface area (TPSA) is 63.2 Å². The van der Waals surface area contributed by atoms with Crippen molar-refractivity contribution < 1.29 is 22.7 Å². The molecule has 0 aliphatic heterocycles. The summed E-state index contributed by atoms with van der Waals surface area (Å²) in [6, 6.07) is 8.53. The number of urea groups is 1. The van der Waals surface area contributed by atoms with E-state index in [0.29, 0.717) is 13.0 Å². The van der Waals surface area contributed by atoms with Crippen LogP contribution in [0.1, 0.15) is 16.8 Å². The first-order valence-electron chi connectivity index (χ1n) is 7.56. The normalized spacial score (nSPS) is 11.0. The summed E-state index contributed by atoms with van der Waals surface area (Å²) in [5, 5.41) is 5.01. The Morgan fingerprint density at radius 2 is 2.00 bits per heavy atom. The minimum Gasteiger partial charge on any atom is -0.497 e. The number of ether oxygens (including phenoxy) is 1. The molecule has 8 heteroatoms. The summed E-state index contributed by atoms with van der Waals surface area (Å²) in [6.07, 6.45) is -2.34. The largest absolute Gasteiger partial charge is 0.497 e. The first-order chi connectivity index (χ1) is 11.9. The SMILES string of the molecule is COc1ccc(CNC(=O)NCCc2ccccn2)c(C(F)(F)F)c1. The molecular weight excluding hydrogens is 335 g/mol. The van der Waals surface area contributed by atoms with E-state index in [2.05, 4.69) is 15.6 Å². The fraction of sp³-hybridized carbons (Fsp3) is 0.294. The van der Waals surface area contributed by atoms with Gasteiger partial charge in [-0.3, -0.25) is 4.98 Å². The number of carbonyl (C=O) groups is 1. The zero-order chi connectivity index (χ0) is 18.3. The lowest BCUT2D eigenvalue weighted by atomic mass is 10.1. The fourth-order valence-corrected chi connectivity index (χ4v) is 2.19. The number of methoxy groups -OCH3 is 1. The quantitative estimate of drug-likeness (QED) is 0.839. The third-order valence-corrected chi connectivity index (χ3v) is 3.45. The standard InChI is InChI=1S/C17H18F3N3O2/c1-25-14-6-5-12(15(10-14)17(18,19)20)11-23-16(24)22-9-7-13-4-2-3-8-21-13/h2-6,8,10H,7,9,11H2,1H3,(H2,22,23,24). The summed E-state index contributed by atoms with van der Waals surface area (Å²) in [6.45, 7) is 0.0891. The molecular formula is C17H18F3N3O2. The summed E-state index contributed by atoms with van der Waals surface area (Å²) in [4.78, 5) is 15.9. The van der Waals surface area contributed by atoms with E-state index in [0.717, 1.165) is 11.8 Å². The van der Waals surface area contributed by atoms with Crippen LogP contribution >= 0.6 is 0 Å². The summed E-state index contributed by atoms with van der Waals surface area (Å²) in [7, 11) is 1.29. The van der Waals surface area contributed by atoms with Gasteiger partial charge in [0, 0.05) is 31.4 Å². The maximum Gasteiger partial charge on any atom is 0.416 e. The zero-order valence-electron chi connectivity index (χ0n) is 13.6. The Kier molecular flexibility index (Phi) is 6.21. The number of halogens is 3. The van der Waals surface area contributed by atoms with Crippen LogP contribution < -0.4 is 15.4 Å². The number of pyridine rings is 1. The first kappa shape index (κ1) is 18.6. The van der Waals surface area contributed by atoms with Gasteiger partial charge in [0.05, 0.1) is 12.7 Å². The molecule has 25 heavy (non-hydrogen) atoms. The van der Waals surface area contributed by atoms with Crippen LogP contribution in [0.5, 0.6) is 5.75 Å². The number of carbonyl (C=O) groups excluding carboxylic acids is 1. The molecule has 0 saturated heterocycles. The van der Waals surface area contributed by atoms with Crippen LogP contribution in [0.4, 0.5) is 18.0 Å². The molecule has 1 aromatic heterocycles. The van der Waals surface area contributed by atoms with Crippen LogP contribution in [0, 0.1) is 0 Å². The molecule has 1 heterocycles. The minimum absolute atomic E-state index is 0.0341. The van der Waals surface area contributed by atoms with Gasteiger partial charge < -0.3 is 15.4 Å². The number of nitrogens with zero attached hydrogens (tertiary/aromatic N) is 1. The average Bonchev–Trinajstić information content (AvgIpc) is 2.60. The van der Waals surface area contributed by atoms with E-state index < -0.39 is 17.8 Å². The molecule has 2 aromatic rings. The summed E-state index contributed by atoms with van der Waals surface area (Å²) in [5.41, 5.74) is -0.0499. The number of nitrogens with one attached hydrogen (secondary N) is 2. The maximum atomic E-state index is 13.1. The lowest BCUT2D eigenvalue weighted by Gasteiger charge is -2.15. The molecule has 0 radical (unpaired) electrons. The van der Waals surface area contributed by atoms with E-state index in [-0.39, 0.29) is 17.9 Å². The van der Waals surface area contributed by atoms with Gasteiger partial charge in [-0.2, -0.15) is 13.2 Å². The van der Waals surface area contributed by atoms with Gasteiger partial charge in [-0.1, -0.05) is 12.1 Å². The molecule has 0 aliphatic rings. The van der Waals surface area contributed by atoms with E-state index in [1.807, 2.05) is 12.1 Å². The smallest absolute Gasteiger partial charge is 0.416 e. The highest BCUT2D eigenvalue weighted by Gasteiger charge is 2.33. The van der Waals surface area contributed by atoms with Crippen molar-refractivity contribution in [1.82, 2.24) is 15.6 Å². The molecule has 2 N–H and O–H groups in total. The Balaban J connectivity index is 1.89. The molecule has 0 aliphatic carbocycles. The molecule has 2 rings (SSSR count). The average molecular weight is 353 g/mol. The second-order valence-corrected chi connectivity index (χ2v) is 5.20. The predicted molar refractivity (Wildman–Crippen MR) is 86.2 cm³/mol. The maximum absolute atomic E-state index is 13.1. The Hall–Kier alpha value is -2.77. The molecule has 0 spiro atoms. The molecule has 0 saturated carbocycles. The van der Waals surface area contributed by atoms with Gasteiger partial charge in [-0.15, -0.1) is 0 Å². The van der Waals surface area contributed by atoms with Crippen LogP contribution in [0.2, 0.25) is 0 Å². The molecule has 5 nitrogen and oxygen atoms in total. The van der Waals surface area contributed by atoms with Crippen molar-refractivity contribution in [2.75, 3.05) is 13.7 Å². The van der Waals surface area contributed by atoms with Crippen molar-refractivity contribution in [3.8, 4) is 5.75 Å². The molecule has 134 valence electrons. The second-order valence-electron chi connectivity index (χ2n) is 5.20. The van der Waals surface area contributed by atoms with Crippen molar-refractivity contribution in [2.45, 2.75) is 19.1 Å². The fourth-order valence-electron chi connectivity index (χ4n) is 2.19. The predicted octanol–water partition coefficient (Wildman–Crippen LogP) is 3.15. The van der Waals surface area contributed by atoms with Gasteiger partial charge >= 0.3 is 12.2 Å². The number of rotatable bonds is 6. The van der Waals surface area contributed by atoms with Gasteiger partial charge in [0.1, 0.15) is 5.75 Å². The Morgan fingerprint density at radius 1 is 1.20 bits per heavy atom. The van der Waals surface area contributed by atoms with Crippen molar-refractivity contribution in [3.63, 3.8) is 0 Å². The van der Waals surface area contributed by atoms with E-state index in [1.54, 1.807) is 12.3 Å². The van der Waals surface area contributed by atoms with Crippen LogP contribution in [0.3, 0.4) is 0 Å². The van der Waals surface area contributed by atoms with Crippen molar-refractivity contribution in [1.29, 1.82) is 0 Å². The van der Waals surface area contributed by atoms with E-state index in [1.165, 1.54) is 19.2 Å². The summed E-state index contributed by atoms with van der Waals surface area (Å²) < 4.78 is 44.1. The molecule has 0 atom stereocenters. The van der Waals surface area contributed by atoms with Crippen molar-refractivity contribution in [3.05, 3.63) is 59.4 Å². The number of benzene rings is 1. The number of amides is 2. The van der Waals surface area contributed by atoms with Gasteiger partial charge in [0.25, 0.3) is 0 Å². The highest BCUT2D eigenvalue weighted by Crippen LogP contribution is 2.34. The molecule has 2 amide bonds. The second kappa shape index (κ2) is 8.36. The third-order valence-electron chi connectivity index (χ3n) is 3.45. The number of aromatic nitrogens is 1. The molecule has 0 bridgehead atoms. The van der Waals surface area contributed by atoms with Gasteiger partial charge in [0.2, 0.25) is 0 Å². The van der Waals surface area contributed by atoms with Gasteiger partial charge in [-0.25, -0.2) is 4.79 Å². The zero-order valence-corrected chi connectivity index (χ0v) is 13.6. The summed E-state index contributed by atoms with van der Waals surface area (Å²) >= 11 is 0. The van der Waals surface area contributed by atoms with Crippen molar-refractivity contribution in [2.24, 2.45) is 0 Å². The van der Waals surface area contributed by atoms with Crippen LogP contribution in [-0.4, -0.2) is 24.7 Å². The van der Waals surface area contributed by atoms with E-state index in [9.17, 15) is 18.0 Å². The number of hydrogen-bond acceptors (Lipinski definition) is 3.